The standard InChI is InChI=1S/C54H38N2O/c1-54(2)48-20-9-7-16-43(48)44-32-31-41(34-49(44)54)56(39-27-23-35(24-28-39)42-18-12-19-46-45-17-8-11-22-51(45)57-53(42)46)40-29-25-36(26-30-40)47-33-38-15-6-10-21-50(38)55-52(47)37-13-4-3-5-14-37/h3-34H,1-2H3. The minimum atomic E-state index is -0.122. The molecule has 2 aromatic heterocycles. The van der Waals surface area contributed by atoms with Gasteiger partial charge in [-0.25, -0.2) is 4.98 Å². The van der Waals surface area contributed by atoms with E-state index in [1.54, 1.807) is 0 Å². The third-order valence-electron chi connectivity index (χ3n) is 11.9. The van der Waals surface area contributed by atoms with Gasteiger partial charge in [-0.1, -0.05) is 153 Å². The Balaban J connectivity index is 1.04. The van der Waals surface area contributed by atoms with Gasteiger partial charge in [-0.15, -0.1) is 0 Å². The molecule has 8 aromatic carbocycles. The fraction of sp³-hybridized carbons (Fsp3) is 0.0556. The summed E-state index contributed by atoms with van der Waals surface area (Å²) in [6.45, 7) is 4.69. The molecule has 11 rings (SSSR count). The van der Waals surface area contributed by atoms with E-state index in [4.69, 9.17) is 9.40 Å². The lowest BCUT2D eigenvalue weighted by Crippen LogP contribution is -2.16. The largest absolute Gasteiger partial charge is 0.455 e. The molecule has 270 valence electrons. The molecule has 0 N–H and O–H groups in total. The Labute approximate surface area is 332 Å². The van der Waals surface area contributed by atoms with Crippen LogP contribution in [0.2, 0.25) is 0 Å². The van der Waals surface area contributed by atoms with Crippen LogP contribution in [0.1, 0.15) is 25.0 Å². The summed E-state index contributed by atoms with van der Waals surface area (Å²) in [5, 5.41) is 3.39. The molecule has 1 aliphatic carbocycles. The Morgan fingerprint density at radius 2 is 1.05 bits per heavy atom. The van der Waals surface area contributed by atoms with Gasteiger partial charge in [-0.3, -0.25) is 0 Å². The maximum Gasteiger partial charge on any atom is 0.143 e. The highest BCUT2D eigenvalue weighted by atomic mass is 16.3. The fourth-order valence-corrected chi connectivity index (χ4v) is 8.99. The molecule has 0 saturated carbocycles. The second-order valence-electron chi connectivity index (χ2n) is 15.6. The number of hydrogen-bond donors (Lipinski definition) is 0. The molecule has 0 atom stereocenters. The second kappa shape index (κ2) is 12.9. The Hall–Kier alpha value is -7.23. The highest BCUT2D eigenvalue weighted by Crippen LogP contribution is 2.51. The van der Waals surface area contributed by atoms with Gasteiger partial charge in [0.1, 0.15) is 11.2 Å². The van der Waals surface area contributed by atoms with Crippen molar-refractivity contribution in [2.75, 3.05) is 4.90 Å². The average Bonchev–Trinajstić information content (AvgIpc) is 3.76. The molecule has 1 aliphatic rings. The molecule has 10 aromatic rings. The number of anilines is 3. The first-order chi connectivity index (χ1) is 28.0. The number of hydrogen-bond acceptors (Lipinski definition) is 3. The third-order valence-corrected chi connectivity index (χ3v) is 11.9. The van der Waals surface area contributed by atoms with Crippen LogP contribution in [0.5, 0.6) is 0 Å². The summed E-state index contributed by atoms with van der Waals surface area (Å²) in [4.78, 5) is 7.57. The normalized spacial score (nSPS) is 12.9. The molecule has 0 radical (unpaired) electrons. The van der Waals surface area contributed by atoms with Gasteiger partial charge in [-0.05, 0) is 88.0 Å². The van der Waals surface area contributed by atoms with Crippen LogP contribution in [0, 0.1) is 0 Å². The number of aromatic nitrogens is 1. The molecule has 0 fully saturated rings. The van der Waals surface area contributed by atoms with Crippen LogP contribution in [-0.2, 0) is 5.41 Å². The summed E-state index contributed by atoms with van der Waals surface area (Å²) in [5.74, 6) is 0. The van der Waals surface area contributed by atoms with Crippen LogP contribution in [-0.4, -0.2) is 4.98 Å². The number of pyridine rings is 1. The monoisotopic (exact) mass is 730 g/mol. The molecule has 0 amide bonds. The fourth-order valence-electron chi connectivity index (χ4n) is 8.99. The molecule has 0 bridgehead atoms. The molecule has 0 spiro atoms. The summed E-state index contributed by atoms with van der Waals surface area (Å²) in [7, 11) is 0. The van der Waals surface area contributed by atoms with Gasteiger partial charge in [0.2, 0.25) is 0 Å². The lowest BCUT2D eigenvalue weighted by atomic mass is 9.82. The Morgan fingerprint density at radius 1 is 0.439 bits per heavy atom. The molecule has 3 nitrogen and oxygen atoms in total. The molecular weight excluding hydrogens is 693 g/mol. The lowest BCUT2D eigenvalue weighted by molar-refractivity contribution is 0.660. The molecule has 0 aliphatic heterocycles. The van der Waals surface area contributed by atoms with E-state index in [-0.39, 0.29) is 5.41 Å². The van der Waals surface area contributed by atoms with Crippen molar-refractivity contribution in [3.63, 3.8) is 0 Å². The highest BCUT2D eigenvalue weighted by molar-refractivity contribution is 6.09. The predicted octanol–water partition coefficient (Wildman–Crippen LogP) is 14.9. The van der Waals surface area contributed by atoms with Crippen molar-refractivity contribution >= 4 is 49.9 Å². The number of fused-ring (bicyclic) bond motifs is 7. The smallest absolute Gasteiger partial charge is 0.143 e. The van der Waals surface area contributed by atoms with Crippen LogP contribution in [0.25, 0.3) is 77.5 Å². The average molecular weight is 731 g/mol. The molecule has 3 heteroatoms. The molecule has 2 heterocycles. The summed E-state index contributed by atoms with van der Waals surface area (Å²) in [6.07, 6.45) is 0. The Bertz CT molecular complexity index is 3140. The molecule has 57 heavy (non-hydrogen) atoms. The van der Waals surface area contributed by atoms with Crippen molar-refractivity contribution in [3.05, 3.63) is 205 Å². The summed E-state index contributed by atoms with van der Waals surface area (Å²) in [5.41, 5.74) is 17.8. The van der Waals surface area contributed by atoms with E-state index in [0.29, 0.717) is 0 Å². The van der Waals surface area contributed by atoms with Crippen LogP contribution in [0.4, 0.5) is 17.1 Å². The Morgan fingerprint density at radius 3 is 1.86 bits per heavy atom. The maximum atomic E-state index is 6.44. The summed E-state index contributed by atoms with van der Waals surface area (Å²) in [6, 6.07) is 69.5. The zero-order valence-corrected chi connectivity index (χ0v) is 31.8. The number of rotatable bonds is 6. The quantitative estimate of drug-likeness (QED) is 0.171. The molecular formula is C54H38N2O. The molecule has 0 unspecified atom stereocenters. The number of furan rings is 1. The van der Waals surface area contributed by atoms with Gasteiger partial charge in [0.15, 0.2) is 0 Å². The van der Waals surface area contributed by atoms with Gasteiger partial charge >= 0.3 is 0 Å². The van der Waals surface area contributed by atoms with E-state index in [1.807, 2.05) is 12.1 Å². The van der Waals surface area contributed by atoms with Gasteiger partial charge in [0.25, 0.3) is 0 Å². The predicted molar refractivity (Wildman–Crippen MR) is 238 cm³/mol. The van der Waals surface area contributed by atoms with Crippen molar-refractivity contribution in [1.29, 1.82) is 0 Å². The zero-order valence-electron chi connectivity index (χ0n) is 31.8. The topological polar surface area (TPSA) is 29.3 Å². The minimum Gasteiger partial charge on any atom is -0.455 e. The van der Waals surface area contributed by atoms with E-state index in [0.717, 1.165) is 83.4 Å². The van der Waals surface area contributed by atoms with E-state index in [9.17, 15) is 0 Å². The van der Waals surface area contributed by atoms with E-state index in [1.165, 1.54) is 22.3 Å². The number of nitrogens with zero attached hydrogens (tertiary/aromatic N) is 2. The van der Waals surface area contributed by atoms with Crippen molar-refractivity contribution in [1.82, 2.24) is 4.98 Å². The van der Waals surface area contributed by atoms with Gasteiger partial charge < -0.3 is 9.32 Å². The molecule has 0 saturated heterocycles. The van der Waals surface area contributed by atoms with Crippen molar-refractivity contribution in [3.8, 4) is 44.6 Å². The first-order valence-corrected chi connectivity index (χ1v) is 19.6. The van der Waals surface area contributed by atoms with Gasteiger partial charge in [-0.2, -0.15) is 0 Å². The second-order valence-corrected chi connectivity index (χ2v) is 15.6. The van der Waals surface area contributed by atoms with Crippen molar-refractivity contribution < 1.29 is 4.42 Å². The number of benzene rings is 8. The summed E-state index contributed by atoms with van der Waals surface area (Å²) < 4.78 is 6.44. The number of para-hydroxylation sites is 3. The zero-order chi connectivity index (χ0) is 38.1. The van der Waals surface area contributed by atoms with E-state index >= 15 is 0 Å². The SMILES string of the molecule is CC1(C)c2ccccc2-c2ccc(N(c3ccc(-c4cc5ccccc5nc4-c4ccccc4)cc3)c3ccc(-c4cccc5c4oc4ccccc45)cc3)cc21. The van der Waals surface area contributed by atoms with E-state index in [2.05, 4.69) is 201 Å². The maximum absolute atomic E-state index is 6.44. The minimum absolute atomic E-state index is 0.122. The van der Waals surface area contributed by atoms with Crippen LogP contribution in [0.15, 0.2) is 199 Å². The van der Waals surface area contributed by atoms with Crippen LogP contribution >= 0.6 is 0 Å². The first-order valence-electron chi connectivity index (χ1n) is 19.6. The first kappa shape index (κ1) is 33.1. The van der Waals surface area contributed by atoms with Crippen molar-refractivity contribution in [2.45, 2.75) is 19.3 Å². The van der Waals surface area contributed by atoms with Crippen LogP contribution < -0.4 is 4.90 Å². The van der Waals surface area contributed by atoms with E-state index < -0.39 is 0 Å². The summed E-state index contributed by atoms with van der Waals surface area (Å²) >= 11 is 0. The lowest BCUT2D eigenvalue weighted by Gasteiger charge is -2.28. The van der Waals surface area contributed by atoms with Crippen LogP contribution in [0.3, 0.4) is 0 Å². The van der Waals surface area contributed by atoms with Gasteiger partial charge in [0.05, 0.1) is 11.2 Å². The van der Waals surface area contributed by atoms with Crippen molar-refractivity contribution in [2.24, 2.45) is 0 Å². The Kier molecular flexibility index (Phi) is 7.52. The highest BCUT2D eigenvalue weighted by Gasteiger charge is 2.35. The van der Waals surface area contributed by atoms with Gasteiger partial charge in [0, 0.05) is 55.3 Å². The third kappa shape index (κ3) is 5.38.